The zero-order valence-electron chi connectivity index (χ0n) is 17.2. The number of nitrogens with two attached hydrogens (primary N) is 1. The Morgan fingerprint density at radius 1 is 1.10 bits per heavy atom. The van der Waals surface area contributed by atoms with Crippen molar-refractivity contribution in [3.8, 4) is 0 Å². The molecule has 1 saturated carbocycles. The Bertz CT molecular complexity index is 840. The highest BCUT2D eigenvalue weighted by Crippen LogP contribution is 2.25. The Labute approximate surface area is 179 Å². The topological polar surface area (TPSA) is 84.2 Å². The number of rotatable bonds is 7. The number of hydrogen-bond acceptors (Lipinski definition) is 3. The molecule has 1 aliphatic carbocycles. The molecule has 158 valence electrons. The highest BCUT2D eigenvalue weighted by Gasteiger charge is 2.31. The third kappa shape index (κ3) is 5.94. The maximum atomic E-state index is 12.8. The Hall–Kier alpha value is -2.11. The van der Waals surface area contributed by atoms with E-state index in [4.69, 9.17) is 5.73 Å². The van der Waals surface area contributed by atoms with Crippen LogP contribution in [0.1, 0.15) is 38.7 Å². The van der Waals surface area contributed by atoms with Crippen LogP contribution in [0.3, 0.4) is 0 Å². The zero-order valence-corrected chi connectivity index (χ0v) is 18.0. The van der Waals surface area contributed by atoms with Crippen molar-refractivity contribution in [2.45, 2.75) is 51.6 Å². The molecule has 0 heterocycles. The molecule has 2 amide bonds. The van der Waals surface area contributed by atoms with E-state index in [1.165, 1.54) is 0 Å². The number of carbonyl (C=O) groups is 2. The minimum absolute atomic E-state index is 0. The van der Waals surface area contributed by atoms with Crippen LogP contribution in [0.4, 0.5) is 0 Å². The van der Waals surface area contributed by atoms with Crippen LogP contribution in [-0.4, -0.2) is 30.4 Å². The van der Waals surface area contributed by atoms with E-state index in [1.54, 1.807) is 0 Å². The highest BCUT2D eigenvalue weighted by molar-refractivity contribution is 5.90. The van der Waals surface area contributed by atoms with Crippen LogP contribution in [-0.2, 0) is 16.0 Å². The van der Waals surface area contributed by atoms with Gasteiger partial charge in [0.25, 0.3) is 0 Å². The van der Waals surface area contributed by atoms with Gasteiger partial charge in [-0.1, -0.05) is 62.7 Å². The van der Waals surface area contributed by atoms with Crippen molar-refractivity contribution in [1.29, 1.82) is 0 Å². The molecule has 3 atom stereocenters. The van der Waals surface area contributed by atoms with Gasteiger partial charge < -0.3 is 16.4 Å². The minimum Gasteiger partial charge on any atom is -0.351 e. The van der Waals surface area contributed by atoms with E-state index >= 15 is 0 Å². The molecule has 0 spiro atoms. The lowest BCUT2D eigenvalue weighted by Gasteiger charge is -2.26. The second kappa shape index (κ2) is 10.6. The molecule has 0 aromatic heterocycles. The smallest absolute Gasteiger partial charge is 0.243 e. The van der Waals surface area contributed by atoms with Crippen molar-refractivity contribution in [2.75, 3.05) is 6.54 Å². The van der Waals surface area contributed by atoms with Gasteiger partial charge in [0.05, 0.1) is 6.42 Å². The van der Waals surface area contributed by atoms with Crippen molar-refractivity contribution in [3.05, 3.63) is 48.0 Å². The molecule has 1 fully saturated rings. The van der Waals surface area contributed by atoms with Gasteiger partial charge in [-0.25, -0.2) is 0 Å². The van der Waals surface area contributed by atoms with E-state index < -0.39 is 6.04 Å². The molecule has 0 saturated heterocycles. The van der Waals surface area contributed by atoms with E-state index in [1.807, 2.05) is 50.2 Å². The predicted octanol–water partition coefficient (Wildman–Crippen LogP) is 3.19. The van der Waals surface area contributed by atoms with Crippen LogP contribution in [0.2, 0.25) is 0 Å². The monoisotopic (exact) mass is 417 g/mol. The van der Waals surface area contributed by atoms with Crippen molar-refractivity contribution in [2.24, 2.45) is 17.6 Å². The van der Waals surface area contributed by atoms with Crippen LogP contribution in [0.25, 0.3) is 10.8 Å². The van der Waals surface area contributed by atoms with Crippen LogP contribution < -0.4 is 16.4 Å². The van der Waals surface area contributed by atoms with Crippen LogP contribution in [0.5, 0.6) is 0 Å². The van der Waals surface area contributed by atoms with Crippen molar-refractivity contribution in [3.63, 3.8) is 0 Å². The van der Waals surface area contributed by atoms with Gasteiger partial charge in [0.1, 0.15) is 6.04 Å². The molecule has 1 aliphatic rings. The van der Waals surface area contributed by atoms with E-state index in [-0.39, 0.29) is 42.6 Å². The number of carbonyl (C=O) groups excluding carboxylic acids is 2. The summed E-state index contributed by atoms with van der Waals surface area (Å²) in [6.07, 6.45) is 3.37. The van der Waals surface area contributed by atoms with Gasteiger partial charge in [-0.05, 0) is 47.6 Å². The summed E-state index contributed by atoms with van der Waals surface area (Å²) in [4.78, 5) is 25.4. The highest BCUT2D eigenvalue weighted by atomic mass is 35.5. The molecule has 2 aromatic carbocycles. The summed E-state index contributed by atoms with van der Waals surface area (Å²) in [5.74, 6) is 0.112. The summed E-state index contributed by atoms with van der Waals surface area (Å²) in [6, 6.07) is 13.7. The third-order valence-corrected chi connectivity index (χ3v) is 5.73. The molecule has 2 aromatic rings. The Morgan fingerprint density at radius 3 is 2.52 bits per heavy atom. The van der Waals surface area contributed by atoms with E-state index in [0.717, 1.165) is 35.6 Å². The SMILES string of the molecule is CC(C)C(NC(=O)Cc1ccc2ccccc2c1)C(=O)NC1CCCC1CN.Cl. The molecule has 6 heteroatoms. The van der Waals surface area contributed by atoms with Crippen LogP contribution >= 0.6 is 12.4 Å². The normalized spacial score (nSPS) is 19.6. The maximum absolute atomic E-state index is 12.8. The van der Waals surface area contributed by atoms with Crippen molar-refractivity contribution < 1.29 is 9.59 Å². The first kappa shape index (κ1) is 23.2. The molecule has 4 N–H and O–H groups in total. The Kier molecular flexibility index (Phi) is 8.47. The summed E-state index contributed by atoms with van der Waals surface area (Å²) in [5.41, 5.74) is 6.76. The number of benzene rings is 2. The summed E-state index contributed by atoms with van der Waals surface area (Å²) in [7, 11) is 0. The Morgan fingerprint density at radius 2 is 1.83 bits per heavy atom. The fourth-order valence-electron chi connectivity index (χ4n) is 4.08. The molecule has 29 heavy (non-hydrogen) atoms. The number of amides is 2. The van der Waals surface area contributed by atoms with Crippen LogP contribution in [0.15, 0.2) is 42.5 Å². The fraction of sp³-hybridized carbons (Fsp3) is 0.478. The molecular weight excluding hydrogens is 386 g/mol. The van der Waals surface area contributed by atoms with Gasteiger partial charge in [-0.15, -0.1) is 12.4 Å². The molecule has 0 bridgehead atoms. The lowest BCUT2D eigenvalue weighted by Crippen LogP contribution is -2.53. The average Bonchev–Trinajstić information content (AvgIpc) is 3.12. The summed E-state index contributed by atoms with van der Waals surface area (Å²) < 4.78 is 0. The molecule has 0 aliphatic heterocycles. The fourth-order valence-corrected chi connectivity index (χ4v) is 4.08. The largest absolute Gasteiger partial charge is 0.351 e. The second-order valence-corrected chi connectivity index (χ2v) is 8.19. The first-order valence-corrected chi connectivity index (χ1v) is 10.3. The predicted molar refractivity (Wildman–Crippen MR) is 120 cm³/mol. The zero-order chi connectivity index (χ0) is 20.1. The number of halogens is 1. The van der Waals surface area contributed by atoms with Crippen molar-refractivity contribution >= 4 is 35.0 Å². The minimum atomic E-state index is -0.535. The maximum Gasteiger partial charge on any atom is 0.243 e. The molecule has 3 rings (SSSR count). The van der Waals surface area contributed by atoms with Gasteiger partial charge in [0.2, 0.25) is 11.8 Å². The molecule has 0 radical (unpaired) electrons. The molecule has 5 nitrogen and oxygen atoms in total. The first-order chi connectivity index (χ1) is 13.5. The van der Waals surface area contributed by atoms with Gasteiger partial charge in [-0.3, -0.25) is 9.59 Å². The average molecular weight is 418 g/mol. The lowest BCUT2D eigenvalue weighted by atomic mass is 9.99. The summed E-state index contributed by atoms with van der Waals surface area (Å²) in [6.45, 7) is 4.50. The number of hydrogen-bond donors (Lipinski definition) is 3. The second-order valence-electron chi connectivity index (χ2n) is 8.19. The third-order valence-electron chi connectivity index (χ3n) is 5.73. The van der Waals surface area contributed by atoms with Gasteiger partial charge >= 0.3 is 0 Å². The Balaban J connectivity index is 0.00000300. The standard InChI is InChI=1S/C23H31N3O2.ClH/c1-15(2)22(23(28)25-20-9-5-8-19(20)14-24)26-21(27)13-16-10-11-17-6-3-4-7-18(17)12-16;/h3-4,6-7,10-12,15,19-20,22H,5,8-9,13-14,24H2,1-2H3,(H,25,28)(H,26,27);1H. The van der Waals surface area contributed by atoms with E-state index in [0.29, 0.717) is 12.5 Å². The lowest BCUT2D eigenvalue weighted by molar-refractivity contribution is -0.130. The van der Waals surface area contributed by atoms with Crippen molar-refractivity contribution in [1.82, 2.24) is 10.6 Å². The van der Waals surface area contributed by atoms with E-state index in [2.05, 4.69) is 16.7 Å². The van der Waals surface area contributed by atoms with Gasteiger partial charge in [0, 0.05) is 6.04 Å². The molecule has 3 unspecified atom stereocenters. The first-order valence-electron chi connectivity index (χ1n) is 10.3. The van der Waals surface area contributed by atoms with E-state index in [9.17, 15) is 9.59 Å². The molecular formula is C23H32ClN3O2. The van der Waals surface area contributed by atoms with Crippen LogP contribution in [0, 0.1) is 11.8 Å². The number of fused-ring (bicyclic) bond motifs is 1. The van der Waals surface area contributed by atoms with Gasteiger partial charge in [-0.2, -0.15) is 0 Å². The summed E-state index contributed by atoms with van der Waals surface area (Å²) in [5, 5.41) is 8.32. The quantitative estimate of drug-likeness (QED) is 0.646. The number of nitrogens with one attached hydrogen (secondary N) is 2. The summed E-state index contributed by atoms with van der Waals surface area (Å²) >= 11 is 0. The van der Waals surface area contributed by atoms with Gasteiger partial charge in [0.15, 0.2) is 0 Å².